The zero-order valence-electron chi connectivity index (χ0n) is 18.3. The van der Waals surface area contributed by atoms with E-state index in [9.17, 15) is 13.2 Å². The molecule has 2 aromatic carbocycles. The number of esters is 1. The Bertz CT molecular complexity index is 1220. The Labute approximate surface area is 192 Å². The molecule has 10 heteroatoms. The fourth-order valence-electron chi connectivity index (χ4n) is 3.60. The molecule has 9 nitrogen and oxygen atoms in total. The minimum atomic E-state index is -3.65. The van der Waals surface area contributed by atoms with E-state index in [1.165, 1.54) is 28.6 Å². The third-order valence-corrected chi connectivity index (χ3v) is 7.14. The number of hydrogen-bond donors (Lipinski definition) is 0. The van der Waals surface area contributed by atoms with E-state index >= 15 is 0 Å². The number of para-hydroxylation sites is 1. The van der Waals surface area contributed by atoms with Crippen molar-refractivity contribution in [3.63, 3.8) is 0 Å². The van der Waals surface area contributed by atoms with Crippen molar-refractivity contribution in [3.8, 4) is 17.1 Å². The van der Waals surface area contributed by atoms with Crippen molar-refractivity contribution >= 4 is 16.0 Å². The van der Waals surface area contributed by atoms with E-state index in [0.29, 0.717) is 36.8 Å². The molecule has 0 radical (unpaired) electrons. The quantitative estimate of drug-likeness (QED) is 0.458. The topological polar surface area (TPSA) is 112 Å². The average Bonchev–Trinajstić information content (AvgIpc) is 3.32. The Morgan fingerprint density at radius 2 is 1.88 bits per heavy atom. The van der Waals surface area contributed by atoms with Gasteiger partial charge in [0.15, 0.2) is 6.61 Å². The summed E-state index contributed by atoms with van der Waals surface area (Å²) in [6.45, 7) is 3.11. The second-order valence-electron chi connectivity index (χ2n) is 7.51. The van der Waals surface area contributed by atoms with Gasteiger partial charge in [-0.2, -0.15) is 9.29 Å². The van der Waals surface area contributed by atoms with Gasteiger partial charge in [0.2, 0.25) is 15.8 Å². The zero-order valence-corrected chi connectivity index (χ0v) is 19.1. The lowest BCUT2D eigenvalue weighted by atomic mass is 10.2. The van der Waals surface area contributed by atoms with Gasteiger partial charge in [-0.25, -0.2) is 13.2 Å². The fraction of sp³-hybridized carbons (Fsp3) is 0.348. The second-order valence-corrected chi connectivity index (χ2v) is 9.45. The van der Waals surface area contributed by atoms with Gasteiger partial charge in [-0.15, -0.1) is 0 Å². The van der Waals surface area contributed by atoms with E-state index in [2.05, 4.69) is 10.1 Å². The molecule has 0 amide bonds. The highest BCUT2D eigenvalue weighted by Gasteiger charge is 2.26. The molecule has 1 aliphatic heterocycles. The van der Waals surface area contributed by atoms with Crippen LogP contribution in [0.25, 0.3) is 11.4 Å². The Kier molecular flexibility index (Phi) is 7.05. The molecule has 1 aromatic heterocycles. The summed E-state index contributed by atoms with van der Waals surface area (Å²) in [6, 6.07) is 13.2. The van der Waals surface area contributed by atoms with Crippen LogP contribution in [-0.2, 0) is 21.4 Å². The van der Waals surface area contributed by atoms with Crippen LogP contribution >= 0.6 is 0 Å². The smallest absolute Gasteiger partial charge is 0.338 e. The number of carbonyl (C=O) groups excluding carboxylic acids is 1. The molecule has 0 aliphatic carbocycles. The van der Waals surface area contributed by atoms with Crippen LogP contribution in [0.1, 0.15) is 42.4 Å². The first-order valence-corrected chi connectivity index (χ1v) is 12.2. The number of piperidine rings is 1. The van der Waals surface area contributed by atoms with E-state index in [4.69, 9.17) is 14.0 Å². The molecule has 33 heavy (non-hydrogen) atoms. The summed E-state index contributed by atoms with van der Waals surface area (Å²) >= 11 is 0. The maximum Gasteiger partial charge on any atom is 0.338 e. The van der Waals surface area contributed by atoms with E-state index in [-0.39, 0.29) is 23.0 Å². The first-order chi connectivity index (χ1) is 16.0. The molecule has 0 N–H and O–H groups in total. The van der Waals surface area contributed by atoms with Crippen LogP contribution in [0.15, 0.2) is 57.9 Å². The standard InChI is InChI=1S/C23H25N3O6S/c1-2-30-20-12-5-4-11-19(20)22-24-21(32-25-22)16-31-23(27)17-9-8-10-18(15-17)33(28,29)26-13-6-3-7-14-26/h4-5,8-12,15H,2-3,6-7,13-14,16H2,1H3. The molecule has 0 spiro atoms. The SMILES string of the molecule is CCOc1ccccc1-c1noc(COC(=O)c2cccc(S(=O)(=O)N3CCCCC3)c2)n1. The Balaban J connectivity index is 1.44. The third-order valence-electron chi connectivity index (χ3n) is 5.25. The van der Waals surface area contributed by atoms with Gasteiger partial charge in [-0.05, 0) is 50.1 Å². The van der Waals surface area contributed by atoms with Gasteiger partial charge < -0.3 is 14.0 Å². The van der Waals surface area contributed by atoms with Crippen LogP contribution < -0.4 is 4.74 Å². The van der Waals surface area contributed by atoms with Gasteiger partial charge in [0.25, 0.3) is 5.89 Å². The van der Waals surface area contributed by atoms with Crippen LogP contribution in [0.2, 0.25) is 0 Å². The minimum absolute atomic E-state index is 0.0754. The van der Waals surface area contributed by atoms with Gasteiger partial charge in [0.1, 0.15) is 5.75 Å². The molecule has 1 aliphatic rings. The summed E-state index contributed by atoms with van der Waals surface area (Å²) in [6.07, 6.45) is 2.69. The number of ether oxygens (including phenoxy) is 2. The first kappa shape index (κ1) is 22.9. The third kappa shape index (κ3) is 5.23. The Morgan fingerprint density at radius 1 is 1.09 bits per heavy atom. The predicted octanol–water partition coefficient (Wildman–Crippen LogP) is 3.67. The normalized spacial score (nSPS) is 14.7. The molecule has 0 saturated carbocycles. The molecule has 1 saturated heterocycles. The van der Waals surface area contributed by atoms with Crippen molar-refractivity contribution < 1.29 is 27.2 Å². The van der Waals surface area contributed by atoms with Crippen LogP contribution in [0.4, 0.5) is 0 Å². The summed E-state index contributed by atoms with van der Waals surface area (Å²) in [5.74, 6) is 0.373. The van der Waals surface area contributed by atoms with Crippen molar-refractivity contribution in [2.45, 2.75) is 37.7 Å². The molecule has 0 unspecified atom stereocenters. The molecule has 4 rings (SSSR count). The van der Waals surface area contributed by atoms with Gasteiger partial charge in [-0.3, -0.25) is 0 Å². The summed E-state index contributed by atoms with van der Waals surface area (Å²) in [5, 5.41) is 3.94. The number of rotatable bonds is 8. The summed E-state index contributed by atoms with van der Waals surface area (Å²) in [4.78, 5) is 16.9. The van der Waals surface area contributed by atoms with Crippen LogP contribution in [0.5, 0.6) is 5.75 Å². The summed E-state index contributed by atoms with van der Waals surface area (Å²) < 4.78 is 43.3. The second kappa shape index (κ2) is 10.1. The van der Waals surface area contributed by atoms with E-state index in [1.54, 1.807) is 12.1 Å². The number of benzene rings is 2. The monoisotopic (exact) mass is 471 g/mol. The van der Waals surface area contributed by atoms with Gasteiger partial charge >= 0.3 is 5.97 Å². The van der Waals surface area contributed by atoms with Crippen molar-refractivity contribution in [2.75, 3.05) is 19.7 Å². The first-order valence-electron chi connectivity index (χ1n) is 10.8. The lowest BCUT2D eigenvalue weighted by molar-refractivity contribution is 0.0429. The van der Waals surface area contributed by atoms with Crippen LogP contribution in [-0.4, -0.2) is 48.5 Å². The summed E-state index contributed by atoms with van der Waals surface area (Å²) in [5.41, 5.74) is 0.797. The molecule has 3 aromatic rings. The highest BCUT2D eigenvalue weighted by Crippen LogP contribution is 2.27. The number of nitrogens with zero attached hydrogens (tertiary/aromatic N) is 3. The Hall–Kier alpha value is -3.24. The number of aromatic nitrogens is 2. The predicted molar refractivity (Wildman–Crippen MR) is 119 cm³/mol. The molecular weight excluding hydrogens is 446 g/mol. The lowest BCUT2D eigenvalue weighted by Gasteiger charge is -2.25. The van der Waals surface area contributed by atoms with Crippen molar-refractivity contribution in [3.05, 3.63) is 60.0 Å². The molecular formula is C23H25N3O6S. The van der Waals surface area contributed by atoms with Gasteiger partial charge in [0.05, 0.1) is 22.6 Å². The van der Waals surface area contributed by atoms with E-state index < -0.39 is 16.0 Å². The average molecular weight is 472 g/mol. The Morgan fingerprint density at radius 3 is 2.67 bits per heavy atom. The molecule has 0 bridgehead atoms. The lowest BCUT2D eigenvalue weighted by Crippen LogP contribution is -2.35. The van der Waals surface area contributed by atoms with Crippen LogP contribution in [0, 0.1) is 0 Å². The molecule has 174 valence electrons. The minimum Gasteiger partial charge on any atom is -0.493 e. The number of hydrogen-bond acceptors (Lipinski definition) is 8. The number of carbonyl (C=O) groups is 1. The molecule has 0 atom stereocenters. The van der Waals surface area contributed by atoms with Gasteiger partial charge in [-0.1, -0.05) is 29.8 Å². The number of sulfonamides is 1. The molecule has 1 fully saturated rings. The molecule has 2 heterocycles. The van der Waals surface area contributed by atoms with E-state index in [1.807, 2.05) is 19.1 Å². The van der Waals surface area contributed by atoms with Crippen molar-refractivity contribution in [1.82, 2.24) is 14.4 Å². The summed E-state index contributed by atoms with van der Waals surface area (Å²) in [7, 11) is -3.65. The van der Waals surface area contributed by atoms with Crippen LogP contribution in [0.3, 0.4) is 0 Å². The highest BCUT2D eigenvalue weighted by molar-refractivity contribution is 7.89. The maximum atomic E-state index is 12.9. The zero-order chi connectivity index (χ0) is 23.3. The van der Waals surface area contributed by atoms with Crippen molar-refractivity contribution in [1.29, 1.82) is 0 Å². The maximum absolute atomic E-state index is 12.9. The van der Waals surface area contributed by atoms with Crippen molar-refractivity contribution in [2.24, 2.45) is 0 Å². The van der Waals surface area contributed by atoms with Gasteiger partial charge in [0, 0.05) is 13.1 Å². The van der Waals surface area contributed by atoms with E-state index in [0.717, 1.165) is 19.3 Å². The largest absolute Gasteiger partial charge is 0.493 e. The highest BCUT2D eigenvalue weighted by atomic mass is 32.2. The fourth-order valence-corrected chi connectivity index (χ4v) is 5.17.